The monoisotopic (exact) mass is 345 g/mol. The molecule has 0 radical (unpaired) electrons. The Bertz CT molecular complexity index is 653. The fraction of sp³-hybridized carbons (Fsp3) is 0.444. The highest BCUT2D eigenvalue weighted by atomic mass is 32.1. The van der Waals surface area contributed by atoms with Crippen LogP contribution in [0.2, 0.25) is 0 Å². The first-order valence-corrected chi connectivity index (χ1v) is 9.15. The number of nitrogens with one attached hydrogen (secondary N) is 1. The van der Waals surface area contributed by atoms with Gasteiger partial charge < -0.3 is 10.1 Å². The summed E-state index contributed by atoms with van der Waals surface area (Å²) in [6.07, 6.45) is 0.821. The van der Waals surface area contributed by atoms with Crippen LogP contribution in [-0.2, 0) is 11.2 Å². The van der Waals surface area contributed by atoms with Crippen molar-refractivity contribution in [3.8, 4) is 0 Å². The molecule has 0 bridgehead atoms. The lowest BCUT2D eigenvalue weighted by Crippen LogP contribution is -2.48. The summed E-state index contributed by atoms with van der Waals surface area (Å²) in [6.45, 7) is 6.07. The van der Waals surface area contributed by atoms with Gasteiger partial charge in [-0.15, -0.1) is 11.3 Å². The average molecular weight is 345 g/mol. The van der Waals surface area contributed by atoms with Gasteiger partial charge in [-0.25, -0.2) is 4.98 Å². The summed E-state index contributed by atoms with van der Waals surface area (Å²) in [5, 5.41) is 3.21. The number of hydrogen-bond donors (Lipinski definition) is 1. The standard InChI is InChI=1S/C18H23N3O2S/c1-14-17(24-13-19-14)18(22)20-16(11-15-5-3-2-4-6-15)12-21-7-9-23-10-8-21/h2-6,13,16H,7-12H2,1H3,(H,20,22)/t16-/m0/s1. The second-order valence-electron chi connectivity index (χ2n) is 6.04. The van der Waals surface area contributed by atoms with E-state index in [1.807, 2.05) is 25.1 Å². The topological polar surface area (TPSA) is 54.5 Å². The quantitative estimate of drug-likeness (QED) is 0.871. The van der Waals surface area contributed by atoms with E-state index in [9.17, 15) is 4.79 Å². The molecular formula is C18H23N3O2S. The summed E-state index contributed by atoms with van der Waals surface area (Å²) < 4.78 is 5.42. The van der Waals surface area contributed by atoms with Gasteiger partial charge in [-0.1, -0.05) is 30.3 Å². The van der Waals surface area contributed by atoms with E-state index in [0.717, 1.165) is 45.0 Å². The zero-order chi connectivity index (χ0) is 16.8. The van der Waals surface area contributed by atoms with Gasteiger partial charge in [0.25, 0.3) is 5.91 Å². The van der Waals surface area contributed by atoms with E-state index in [-0.39, 0.29) is 11.9 Å². The normalized spacial score (nSPS) is 16.7. The maximum atomic E-state index is 12.6. The molecule has 0 aliphatic carbocycles. The second kappa shape index (κ2) is 8.37. The third-order valence-electron chi connectivity index (χ3n) is 4.19. The maximum absolute atomic E-state index is 12.6. The Labute approximate surface area is 146 Å². The largest absolute Gasteiger partial charge is 0.379 e. The van der Waals surface area contributed by atoms with Crippen LogP contribution < -0.4 is 5.32 Å². The molecule has 1 N–H and O–H groups in total. The number of carbonyl (C=O) groups excluding carboxylic acids is 1. The van der Waals surface area contributed by atoms with E-state index in [2.05, 4.69) is 27.3 Å². The third-order valence-corrected chi connectivity index (χ3v) is 5.12. The van der Waals surface area contributed by atoms with Crippen LogP contribution in [0.15, 0.2) is 35.8 Å². The number of morpholine rings is 1. The van der Waals surface area contributed by atoms with E-state index in [4.69, 9.17) is 4.74 Å². The van der Waals surface area contributed by atoms with Gasteiger partial charge in [0.1, 0.15) is 4.88 Å². The van der Waals surface area contributed by atoms with Crippen molar-refractivity contribution in [3.05, 3.63) is 52.0 Å². The summed E-state index contributed by atoms with van der Waals surface area (Å²) in [4.78, 5) is 19.8. The van der Waals surface area contributed by atoms with Gasteiger partial charge >= 0.3 is 0 Å². The molecule has 1 aliphatic rings. The first-order chi connectivity index (χ1) is 11.7. The van der Waals surface area contributed by atoms with Crippen LogP contribution in [0, 0.1) is 6.92 Å². The predicted octanol–water partition coefficient (Wildman–Crippen LogP) is 2.12. The number of thiazole rings is 1. The molecule has 1 fully saturated rings. The Kier molecular flexibility index (Phi) is 5.96. The smallest absolute Gasteiger partial charge is 0.263 e. The summed E-state index contributed by atoms with van der Waals surface area (Å²) >= 11 is 1.40. The predicted molar refractivity (Wildman–Crippen MR) is 95.5 cm³/mol. The van der Waals surface area contributed by atoms with Gasteiger partial charge in [0.15, 0.2) is 0 Å². The lowest BCUT2D eigenvalue weighted by atomic mass is 10.0. The number of amides is 1. The number of carbonyl (C=O) groups is 1. The van der Waals surface area contributed by atoms with Crippen LogP contribution in [0.4, 0.5) is 0 Å². The van der Waals surface area contributed by atoms with Crippen molar-refractivity contribution in [2.75, 3.05) is 32.8 Å². The molecule has 2 heterocycles. The number of aryl methyl sites for hydroxylation is 1. The van der Waals surface area contributed by atoms with Crippen LogP contribution in [0.25, 0.3) is 0 Å². The minimum absolute atomic E-state index is 0.0239. The molecule has 1 atom stereocenters. The van der Waals surface area contributed by atoms with Crippen LogP contribution in [0.3, 0.4) is 0 Å². The molecule has 128 valence electrons. The van der Waals surface area contributed by atoms with Crippen molar-refractivity contribution in [2.24, 2.45) is 0 Å². The van der Waals surface area contributed by atoms with Crippen LogP contribution in [0.5, 0.6) is 0 Å². The van der Waals surface area contributed by atoms with Gasteiger partial charge in [-0.2, -0.15) is 0 Å². The Morgan fingerprint density at radius 3 is 2.75 bits per heavy atom. The van der Waals surface area contributed by atoms with Gasteiger partial charge in [-0.05, 0) is 18.9 Å². The molecule has 1 aliphatic heterocycles. The first kappa shape index (κ1) is 17.1. The number of hydrogen-bond acceptors (Lipinski definition) is 5. The zero-order valence-electron chi connectivity index (χ0n) is 13.9. The molecule has 0 spiro atoms. The summed E-state index contributed by atoms with van der Waals surface area (Å²) in [5.74, 6) is -0.0239. The van der Waals surface area contributed by atoms with Gasteiger partial charge in [0, 0.05) is 25.7 Å². The van der Waals surface area contributed by atoms with Crippen LogP contribution >= 0.6 is 11.3 Å². The lowest BCUT2D eigenvalue weighted by Gasteiger charge is -2.31. The van der Waals surface area contributed by atoms with Crippen molar-refractivity contribution in [1.82, 2.24) is 15.2 Å². The van der Waals surface area contributed by atoms with E-state index < -0.39 is 0 Å². The minimum Gasteiger partial charge on any atom is -0.379 e. The van der Waals surface area contributed by atoms with Gasteiger partial charge in [0.2, 0.25) is 0 Å². The van der Waals surface area contributed by atoms with Gasteiger partial charge in [0.05, 0.1) is 24.4 Å². The minimum atomic E-state index is -0.0239. The molecule has 5 nitrogen and oxygen atoms in total. The second-order valence-corrected chi connectivity index (χ2v) is 6.89. The molecule has 2 aromatic rings. The number of benzene rings is 1. The molecule has 6 heteroatoms. The SMILES string of the molecule is Cc1ncsc1C(=O)N[C@@H](Cc1ccccc1)CN1CCOCC1. The molecular weight excluding hydrogens is 322 g/mol. The van der Waals surface area contributed by atoms with E-state index >= 15 is 0 Å². The number of rotatable bonds is 6. The lowest BCUT2D eigenvalue weighted by molar-refractivity contribution is 0.0334. The fourth-order valence-electron chi connectivity index (χ4n) is 2.93. The number of aromatic nitrogens is 1. The zero-order valence-corrected chi connectivity index (χ0v) is 14.7. The number of nitrogens with zero attached hydrogens (tertiary/aromatic N) is 2. The molecule has 0 unspecified atom stereocenters. The third kappa shape index (κ3) is 4.63. The van der Waals surface area contributed by atoms with Crippen molar-refractivity contribution < 1.29 is 9.53 Å². The van der Waals surface area contributed by atoms with Gasteiger partial charge in [-0.3, -0.25) is 9.69 Å². The van der Waals surface area contributed by atoms with Crippen molar-refractivity contribution >= 4 is 17.2 Å². The van der Waals surface area contributed by atoms with Crippen molar-refractivity contribution in [1.29, 1.82) is 0 Å². The Morgan fingerprint density at radius 1 is 1.33 bits per heavy atom. The highest BCUT2D eigenvalue weighted by Crippen LogP contribution is 2.13. The van der Waals surface area contributed by atoms with Crippen molar-refractivity contribution in [3.63, 3.8) is 0 Å². The maximum Gasteiger partial charge on any atom is 0.263 e. The van der Waals surface area contributed by atoms with E-state index in [1.165, 1.54) is 16.9 Å². The fourth-order valence-corrected chi connectivity index (χ4v) is 3.63. The molecule has 1 aromatic carbocycles. The summed E-state index contributed by atoms with van der Waals surface area (Å²) in [5.41, 5.74) is 3.75. The molecule has 0 saturated carbocycles. The average Bonchev–Trinajstić information content (AvgIpc) is 3.03. The Hall–Kier alpha value is -1.76. The van der Waals surface area contributed by atoms with Crippen LogP contribution in [-0.4, -0.2) is 54.7 Å². The summed E-state index contributed by atoms with van der Waals surface area (Å²) in [6, 6.07) is 10.4. The highest BCUT2D eigenvalue weighted by Gasteiger charge is 2.21. The Morgan fingerprint density at radius 2 is 2.08 bits per heavy atom. The molecule has 1 saturated heterocycles. The molecule has 1 aromatic heterocycles. The van der Waals surface area contributed by atoms with E-state index in [0.29, 0.717) is 4.88 Å². The first-order valence-electron chi connectivity index (χ1n) is 8.27. The van der Waals surface area contributed by atoms with Crippen molar-refractivity contribution in [2.45, 2.75) is 19.4 Å². The molecule has 1 amide bonds. The Balaban J connectivity index is 1.68. The molecule has 3 rings (SSSR count). The molecule has 24 heavy (non-hydrogen) atoms. The highest BCUT2D eigenvalue weighted by molar-refractivity contribution is 7.11. The summed E-state index contributed by atoms with van der Waals surface area (Å²) in [7, 11) is 0. The van der Waals surface area contributed by atoms with Crippen LogP contribution in [0.1, 0.15) is 20.9 Å². The van der Waals surface area contributed by atoms with E-state index in [1.54, 1.807) is 5.51 Å². The number of ether oxygens (including phenoxy) is 1.